The third-order valence-electron chi connectivity index (χ3n) is 4.66. The number of aromatic carboxylic acids is 2. The minimum Gasteiger partial charge on any atom is -0.478 e. The molecule has 0 fully saturated rings. The Morgan fingerprint density at radius 1 is 0.853 bits per heavy atom. The van der Waals surface area contributed by atoms with Gasteiger partial charge in [-0.25, -0.2) is 9.59 Å². The van der Waals surface area contributed by atoms with Gasteiger partial charge in [-0.05, 0) is 61.0 Å². The van der Waals surface area contributed by atoms with Crippen molar-refractivity contribution in [3.05, 3.63) is 87.9 Å². The molecule has 3 rings (SSSR count). The molecule has 2 amide bonds. The van der Waals surface area contributed by atoms with Crippen LogP contribution in [0, 0.1) is 6.92 Å². The molecule has 0 aliphatic rings. The molecule has 0 atom stereocenters. The van der Waals surface area contributed by atoms with E-state index in [0.717, 1.165) is 23.8 Å². The number of anilines is 2. The minimum atomic E-state index is -1.42. The molecular weight excluding hydrogens is 480 g/mol. The van der Waals surface area contributed by atoms with E-state index in [0.29, 0.717) is 21.3 Å². The highest BCUT2D eigenvalue weighted by atomic mass is 35.5. The summed E-state index contributed by atoms with van der Waals surface area (Å²) >= 11 is 7.32. The van der Waals surface area contributed by atoms with Crippen LogP contribution in [-0.2, 0) is 4.79 Å². The molecule has 0 heterocycles. The third kappa shape index (κ3) is 6.37. The number of halogens is 1. The van der Waals surface area contributed by atoms with Gasteiger partial charge in [-0.1, -0.05) is 23.7 Å². The van der Waals surface area contributed by atoms with E-state index in [1.165, 1.54) is 11.8 Å². The maximum atomic E-state index is 12.6. The zero-order chi connectivity index (χ0) is 24.8. The first-order chi connectivity index (χ1) is 16.1. The monoisotopic (exact) mass is 498 g/mol. The van der Waals surface area contributed by atoms with Crippen molar-refractivity contribution in [2.45, 2.75) is 11.8 Å². The van der Waals surface area contributed by atoms with E-state index in [2.05, 4.69) is 10.6 Å². The van der Waals surface area contributed by atoms with Gasteiger partial charge in [0.05, 0.1) is 22.4 Å². The summed E-state index contributed by atoms with van der Waals surface area (Å²) in [4.78, 5) is 48.2. The van der Waals surface area contributed by atoms with Gasteiger partial charge in [-0.2, -0.15) is 0 Å². The Bertz CT molecular complexity index is 1290. The van der Waals surface area contributed by atoms with E-state index in [4.69, 9.17) is 16.7 Å². The zero-order valence-corrected chi connectivity index (χ0v) is 19.4. The van der Waals surface area contributed by atoms with Gasteiger partial charge in [-0.15, -0.1) is 11.8 Å². The molecule has 0 saturated carbocycles. The molecule has 0 aromatic heterocycles. The van der Waals surface area contributed by atoms with Crippen LogP contribution >= 0.6 is 23.4 Å². The van der Waals surface area contributed by atoms with Crippen molar-refractivity contribution in [3.63, 3.8) is 0 Å². The van der Waals surface area contributed by atoms with Crippen LogP contribution in [0.1, 0.15) is 36.6 Å². The van der Waals surface area contributed by atoms with Crippen LogP contribution in [0.2, 0.25) is 5.02 Å². The summed E-state index contributed by atoms with van der Waals surface area (Å²) < 4.78 is 0. The predicted molar refractivity (Wildman–Crippen MR) is 130 cm³/mol. The molecular formula is C24H19ClN2O6S. The third-order valence-corrected chi connectivity index (χ3v) is 6.06. The number of carbonyl (C=O) groups excluding carboxylic acids is 2. The lowest BCUT2D eigenvalue weighted by Gasteiger charge is -2.10. The van der Waals surface area contributed by atoms with Crippen LogP contribution in [0.15, 0.2) is 65.6 Å². The number of carboxylic acids is 2. The van der Waals surface area contributed by atoms with E-state index >= 15 is 0 Å². The van der Waals surface area contributed by atoms with Crippen LogP contribution < -0.4 is 10.6 Å². The van der Waals surface area contributed by atoms with E-state index in [1.807, 2.05) is 13.0 Å². The van der Waals surface area contributed by atoms with Gasteiger partial charge >= 0.3 is 11.9 Å². The largest absolute Gasteiger partial charge is 0.478 e. The lowest BCUT2D eigenvalue weighted by atomic mass is 10.0. The van der Waals surface area contributed by atoms with Crippen molar-refractivity contribution in [3.8, 4) is 0 Å². The van der Waals surface area contributed by atoms with Crippen LogP contribution in [-0.4, -0.2) is 39.7 Å². The molecule has 0 unspecified atom stereocenters. The van der Waals surface area contributed by atoms with Crippen LogP contribution in [0.4, 0.5) is 11.4 Å². The lowest BCUT2D eigenvalue weighted by Crippen LogP contribution is -2.17. The molecule has 0 saturated heterocycles. The first-order valence-electron chi connectivity index (χ1n) is 9.85. The van der Waals surface area contributed by atoms with Crippen LogP contribution in [0.5, 0.6) is 0 Å². The minimum absolute atomic E-state index is 0.114. The fourth-order valence-corrected chi connectivity index (χ4v) is 3.87. The summed E-state index contributed by atoms with van der Waals surface area (Å²) in [5.74, 6) is -3.54. The number of carboxylic acid groups (broad SMARTS) is 2. The molecule has 10 heteroatoms. The van der Waals surface area contributed by atoms with Gasteiger partial charge in [0.2, 0.25) is 5.91 Å². The number of benzene rings is 3. The molecule has 0 bridgehead atoms. The molecule has 0 aliphatic heterocycles. The number of rotatable bonds is 8. The summed E-state index contributed by atoms with van der Waals surface area (Å²) in [7, 11) is 0. The molecule has 0 aliphatic carbocycles. The van der Waals surface area contributed by atoms with Gasteiger partial charge in [0.25, 0.3) is 5.91 Å². The Balaban J connectivity index is 1.66. The Morgan fingerprint density at radius 2 is 1.59 bits per heavy atom. The second-order valence-electron chi connectivity index (χ2n) is 7.15. The average Bonchev–Trinajstić information content (AvgIpc) is 2.80. The van der Waals surface area contributed by atoms with E-state index in [1.54, 1.807) is 36.4 Å². The Kier molecular flexibility index (Phi) is 7.93. The second kappa shape index (κ2) is 10.9. The molecule has 174 valence electrons. The summed E-state index contributed by atoms with van der Waals surface area (Å²) in [5.41, 5.74) is 1.05. The van der Waals surface area contributed by atoms with Crippen molar-refractivity contribution in [2.75, 3.05) is 16.4 Å². The average molecular weight is 499 g/mol. The molecule has 0 spiro atoms. The van der Waals surface area contributed by atoms with Crippen molar-refractivity contribution in [2.24, 2.45) is 0 Å². The Labute approximate surface area is 203 Å². The van der Waals surface area contributed by atoms with Crippen molar-refractivity contribution < 1.29 is 29.4 Å². The number of amides is 2. The fraction of sp³-hybridized carbons (Fsp3) is 0.0833. The summed E-state index contributed by atoms with van der Waals surface area (Å²) in [5, 5.41) is 24.3. The van der Waals surface area contributed by atoms with Crippen molar-refractivity contribution in [1.82, 2.24) is 0 Å². The number of thioether (sulfide) groups is 1. The second-order valence-corrected chi connectivity index (χ2v) is 8.61. The lowest BCUT2D eigenvalue weighted by molar-refractivity contribution is -0.113. The van der Waals surface area contributed by atoms with E-state index in [9.17, 15) is 24.3 Å². The van der Waals surface area contributed by atoms with E-state index < -0.39 is 23.4 Å². The molecule has 34 heavy (non-hydrogen) atoms. The SMILES string of the molecule is Cc1ccc(NC(=O)CSc2cccc(NC(=O)c3ccc(C(=O)O)cc3C(=O)O)c2)cc1Cl. The first kappa shape index (κ1) is 24.8. The van der Waals surface area contributed by atoms with E-state index in [-0.39, 0.29) is 22.8 Å². The van der Waals surface area contributed by atoms with Gasteiger partial charge in [0.1, 0.15) is 0 Å². The fourth-order valence-electron chi connectivity index (χ4n) is 2.93. The molecule has 8 nitrogen and oxygen atoms in total. The van der Waals surface area contributed by atoms with Crippen LogP contribution in [0.25, 0.3) is 0 Å². The molecule has 3 aromatic rings. The number of hydrogen-bond donors (Lipinski definition) is 4. The normalized spacial score (nSPS) is 10.4. The summed E-state index contributed by atoms with van der Waals surface area (Å²) in [6, 6.07) is 15.2. The topological polar surface area (TPSA) is 133 Å². The summed E-state index contributed by atoms with van der Waals surface area (Å²) in [6.07, 6.45) is 0. The summed E-state index contributed by atoms with van der Waals surface area (Å²) in [6.45, 7) is 1.86. The number of aryl methyl sites for hydroxylation is 1. The Hall–Kier alpha value is -3.82. The van der Waals surface area contributed by atoms with Gasteiger partial charge < -0.3 is 20.8 Å². The number of nitrogens with one attached hydrogen (secondary N) is 2. The van der Waals surface area contributed by atoms with Gasteiger partial charge in [0, 0.05) is 21.3 Å². The quantitative estimate of drug-likeness (QED) is 0.320. The highest BCUT2D eigenvalue weighted by molar-refractivity contribution is 8.00. The number of carbonyl (C=O) groups is 4. The molecule has 3 aromatic carbocycles. The standard InChI is InChI=1S/C24H19ClN2O6S/c1-13-5-7-16(11-20(13)25)26-21(28)12-34-17-4-2-3-15(10-17)27-22(29)18-8-6-14(23(30)31)9-19(18)24(32)33/h2-11H,12H2,1H3,(H,26,28)(H,27,29)(H,30,31)(H,32,33). The van der Waals surface area contributed by atoms with Gasteiger partial charge in [0.15, 0.2) is 0 Å². The van der Waals surface area contributed by atoms with Crippen molar-refractivity contribution in [1.29, 1.82) is 0 Å². The van der Waals surface area contributed by atoms with Gasteiger partial charge in [-0.3, -0.25) is 9.59 Å². The highest BCUT2D eigenvalue weighted by Gasteiger charge is 2.19. The van der Waals surface area contributed by atoms with Crippen LogP contribution in [0.3, 0.4) is 0 Å². The Morgan fingerprint density at radius 3 is 2.26 bits per heavy atom. The van der Waals surface area contributed by atoms with Crippen molar-refractivity contribution >= 4 is 58.5 Å². The first-order valence-corrected chi connectivity index (χ1v) is 11.2. The maximum absolute atomic E-state index is 12.6. The zero-order valence-electron chi connectivity index (χ0n) is 17.8. The number of hydrogen-bond acceptors (Lipinski definition) is 5. The predicted octanol–water partition coefficient (Wildman–Crippen LogP) is 5.03. The molecule has 4 N–H and O–H groups in total. The molecule has 0 radical (unpaired) electrons. The maximum Gasteiger partial charge on any atom is 0.336 e. The highest BCUT2D eigenvalue weighted by Crippen LogP contribution is 2.24. The smallest absolute Gasteiger partial charge is 0.336 e.